The molecule has 62 heavy (non-hydrogen) atoms. The Bertz CT molecular complexity index is 2040. The first-order chi connectivity index (χ1) is 29.4. The number of alkyl halides is 6. The number of halogens is 8. The molecule has 1 spiro atoms. The standard InChI is InChI=1S/C43H50F8N4O7/c1-4-27(13-18-59-3)14-19-60-20-21-61-22-23-62-33-12-9-29(36(44)37(33)45)26-55-40(58)35(38(56)41(54(55)2)15-5-6-16-41)39(57)53-32-11-10-30(42(46,47)48)25-31(32)28-8-7-17-52-34(24-28)43(49,50)51/h8-12,17,24-25,27,56H,4-7,13-16,18-23,26H2,1-3H3,(H,53,57). The minimum atomic E-state index is -4.97. The van der Waals surface area contributed by atoms with E-state index in [-0.39, 0.29) is 50.2 Å². The molecule has 1 unspecified atom stereocenters. The first-order valence-electron chi connectivity index (χ1n) is 20.2. The second-order valence-electron chi connectivity index (χ2n) is 15.1. The summed E-state index contributed by atoms with van der Waals surface area (Å²) in [5.74, 6) is -5.73. The number of amides is 2. The molecule has 2 N–H and O–H groups in total. The monoisotopic (exact) mass is 886 g/mol. The van der Waals surface area contributed by atoms with E-state index in [1.165, 1.54) is 30.3 Å². The molecule has 1 atom stereocenters. The van der Waals surface area contributed by atoms with E-state index >= 15 is 8.78 Å². The quantitative estimate of drug-likeness (QED) is 0.0815. The number of nitrogens with zero attached hydrogens (tertiary/aromatic N) is 3. The topological polar surface area (TPSA) is 122 Å². The van der Waals surface area contributed by atoms with Crippen molar-refractivity contribution in [2.75, 3.05) is 59.1 Å². The third kappa shape index (κ3) is 11.4. The maximum absolute atomic E-state index is 15.7. The normalized spacial score (nSPS) is 17.7. The Hall–Kier alpha value is -4.85. The zero-order valence-electron chi connectivity index (χ0n) is 34.6. The van der Waals surface area contributed by atoms with Gasteiger partial charge in [-0.3, -0.25) is 19.6 Å². The summed E-state index contributed by atoms with van der Waals surface area (Å²) < 4.78 is 135. The molecule has 2 amide bonds. The van der Waals surface area contributed by atoms with Crippen LogP contribution in [0.15, 0.2) is 64.5 Å². The van der Waals surface area contributed by atoms with Gasteiger partial charge in [0.05, 0.1) is 37.5 Å². The summed E-state index contributed by atoms with van der Waals surface area (Å²) in [5, 5.41) is 16.3. The minimum Gasteiger partial charge on any atom is -0.509 e. The molecule has 3 aliphatic rings. The van der Waals surface area contributed by atoms with Crippen LogP contribution in [0.2, 0.25) is 0 Å². The average molecular weight is 887 g/mol. The highest BCUT2D eigenvalue weighted by atomic mass is 19.4. The molecular weight excluding hydrogens is 836 g/mol. The van der Waals surface area contributed by atoms with Crippen LogP contribution in [0, 0.1) is 17.6 Å². The summed E-state index contributed by atoms with van der Waals surface area (Å²) in [6.07, 6.45) is -3.06. The highest BCUT2D eigenvalue weighted by Crippen LogP contribution is 2.45. The minimum absolute atomic E-state index is 0.0543. The first kappa shape index (κ1) is 48.2. The van der Waals surface area contributed by atoms with Gasteiger partial charge in [-0.05, 0) is 67.5 Å². The smallest absolute Gasteiger partial charge is 0.433 e. The Morgan fingerprint density at radius 1 is 0.935 bits per heavy atom. The maximum Gasteiger partial charge on any atom is 0.433 e. The number of ether oxygens (including phenoxy) is 4. The average Bonchev–Trinajstić information content (AvgIpc) is 3.59. The number of allylic oxidation sites excluding steroid dienone is 4. The van der Waals surface area contributed by atoms with Gasteiger partial charge in [0.25, 0.3) is 11.8 Å². The van der Waals surface area contributed by atoms with Gasteiger partial charge in [0.2, 0.25) is 5.82 Å². The molecule has 0 bridgehead atoms. The van der Waals surface area contributed by atoms with Crippen LogP contribution in [-0.2, 0) is 36.5 Å². The van der Waals surface area contributed by atoms with E-state index in [1.54, 1.807) is 7.11 Å². The fourth-order valence-corrected chi connectivity index (χ4v) is 7.64. The molecule has 1 fully saturated rings. The number of hydrogen-bond donors (Lipinski definition) is 2. The van der Waals surface area contributed by atoms with Crippen molar-refractivity contribution < 1.29 is 68.8 Å². The lowest BCUT2D eigenvalue weighted by Crippen LogP contribution is -2.62. The van der Waals surface area contributed by atoms with Crippen molar-refractivity contribution in [1.29, 1.82) is 0 Å². The highest BCUT2D eigenvalue weighted by Gasteiger charge is 2.53. The lowest BCUT2D eigenvalue weighted by Gasteiger charge is -2.48. The maximum atomic E-state index is 15.7. The third-order valence-corrected chi connectivity index (χ3v) is 11.2. The Morgan fingerprint density at radius 3 is 2.27 bits per heavy atom. The molecule has 5 rings (SSSR count). The number of nitrogens with one attached hydrogen (secondary N) is 1. The molecule has 0 aromatic heterocycles. The molecule has 11 nitrogen and oxygen atoms in total. The fraction of sp³-hybridized carbons (Fsp3) is 0.512. The van der Waals surface area contributed by atoms with Gasteiger partial charge in [0, 0.05) is 56.8 Å². The number of hydrogen-bond acceptors (Lipinski definition) is 9. The van der Waals surface area contributed by atoms with Crippen molar-refractivity contribution in [3.8, 4) is 5.75 Å². The Labute approximate surface area is 354 Å². The number of carbonyl (C=O) groups is 2. The Morgan fingerprint density at radius 2 is 1.61 bits per heavy atom. The first-order valence-corrected chi connectivity index (χ1v) is 20.2. The van der Waals surface area contributed by atoms with Crippen molar-refractivity contribution in [3.05, 3.63) is 87.8 Å². The van der Waals surface area contributed by atoms with Crippen molar-refractivity contribution in [1.82, 2.24) is 10.0 Å². The molecule has 2 aromatic carbocycles. The Kier molecular flexibility index (Phi) is 16.3. The third-order valence-electron chi connectivity index (χ3n) is 11.2. The Balaban J connectivity index is 1.31. The van der Waals surface area contributed by atoms with Crippen LogP contribution in [0.3, 0.4) is 0 Å². The molecule has 2 aliphatic heterocycles. The number of aliphatic hydroxyl groups is 1. The van der Waals surface area contributed by atoms with Gasteiger partial charge in [0.1, 0.15) is 23.6 Å². The molecular formula is C43H50F8N4O7. The van der Waals surface area contributed by atoms with E-state index in [4.69, 9.17) is 18.9 Å². The summed E-state index contributed by atoms with van der Waals surface area (Å²) in [5.41, 5.74) is -6.39. The van der Waals surface area contributed by atoms with E-state index in [0.29, 0.717) is 56.8 Å². The molecule has 0 radical (unpaired) electrons. The molecule has 1 aliphatic carbocycles. The number of carbonyl (C=O) groups excluding carboxylic acids is 2. The van der Waals surface area contributed by atoms with E-state index in [9.17, 15) is 41.0 Å². The van der Waals surface area contributed by atoms with Crippen molar-refractivity contribution >= 4 is 29.3 Å². The lowest BCUT2D eigenvalue weighted by molar-refractivity contribution is -0.163. The van der Waals surface area contributed by atoms with E-state index < -0.39 is 87.5 Å². The van der Waals surface area contributed by atoms with Crippen molar-refractivity contribution in [3.63, 3.8) is 0 Å². The van der Waals surface area contributed by atoms with Gasteiger partial charge in [-0.15, -0.1) is 0 Å². The van der Waals surface area contributed by atoms with E-state index in [2.05, 4.69) is 17.2 Å². The number of hydrazine groups is 1. The largest absolute Gasteiger partial charge is 0.509 e. The predicted octanol–water partition coefficient (Wildman–Crippen LogP) is 9.11. The summed E-state index contributed by atoms with van der Waals surface area (Å²) in [6, 6.07) is 4.33. The lowest BCUT2D eigenvalue weighted by atomic mass is 9.88. The van der Waals surface area contributed by atoms with Crippen molar-refractivity contribution in [2.45, 2.75) is 82.7 Å². The van der Waals surface area contributed by atoms with Crippen LogP contribution in [0.4, 0.5) is 40.8 Å². The number of aliphatic hydroxyl groups excluding tert-OH is 1. The highest BCUT2D eigenvalue weighted by molar-refractivity contribution is 6.24. The summed E-state index contributed by atoms with van der Waals surface area (Å²) in [4.78, 5) is 31.6. The molecule has 2 heterocycles. The summed E-state index contributed by atoms with van der Waals surface area (Å²) >= 11 is 0. The molecule has 340 valence electrons. The number of aliphatic imine (C=N–C) groups is 1. The zero-order chi connectivity index (χ0) is 45.2. The van der Waals surface area contributed by atoms with Gasteiger partial charge in [-0.2, -0.15) is 30.7 Å². The fourth-order valence-electron chi connectivity index (χ4n) is 7.64. The second kappa shape index (κ2) is 21.0. The van der Waals surface area contributed by atoms with E-state index in [1.807, 2.05) is 0 Å². The van der Waals surface area contributed by atoms with Gasteiger partial charge < -0.3 is 29.4 Å². The predicted molar refractivity (Wildman–Crippen MR) is 213 cm³/mol. The van der Waals surface area contributed by atoms with Gasteiger partial charge >= 0.3 is 12.4 Å². The van der Waals surface area contributed by atoms with Crippen LogP contribution in [-0.4, -0.2) is 98.7 Å². The number of rotatable bonds is 19. The second-order valence-corrected chi connectivity index (χ2v) is 15.1. The van der Waals surface area contributed by atoms with Gasteiger partial charge in [-0.1, -0.05) is 38.3 Å². The molecule has 0 saturated heterocycles. The van der Waals surface area contributed by atoms with Gasteiger partial charge in [0.15, 0.2) is 11.6 Å². The summed E-state index contributed by atoms with van der Waals surface area (Å²) in [7, 11) is 3.10. The SMILES string of the molecule is CCC(CCOC)CCOCCOCCOc1ccc(CN2C(=O)C(C(=O)Nc3ccc(C(F)(F)F)cc3C3=CCC=NC(C(F)(F)F)=C3)=C(O)C3(CCCC3)N2C)c(F)c1F. The van der Waals surface area contributed by atoms with Crippen LogP contribution < -0.4 is 10.1 Å². The van der Waals surface area contributed by atoms with Crippen LogP contribution >= 0.6 is 0 Å². The zero-order valence-corrected chi connectivity index (χ0v) is 34.6. The molecule has 1 saturated carbocycles. The number of methoxy groups -OCH3 is 1. The van der Waals surface area contributed by atoms with E-state index in [0.717, 1.165) is 36.6 Å². The van der Waals surface area contributed by atoms with Crippen LogP contribution in [0.1, 0.15) is 75.0 Å². The van der Waals surface area contributed by atoms with Gasteiger partial charge in [-0.25, -0.2) is 9.40 Å². The van der Waals surface area contributed by atoms with Crippen LogP contribution in [0.5, 0.6) is 5.75 Å². The number of anilines is 1. The van der Waals surface area contributed by atoms with Crippen molar-refractivity contribution in [2.24, 2.45) is 10.9 Å². The number of benzene rings is 2. The number of likely N-dealkylation sites (N-methyl/N-ethyl adjacent to an activating group) is 1. The molecule has 2 aromatic rings. The summed E-state index contributed by atoms with van der Waals surface area (Å²) in [6.45, 7) is 3.29. The molecule has 19 heteroatoms. The van der Waals surface area contributed by atoms with Crippen LogP contribution in [0.25, 0.3) is 5.57 Å².